The molecule has 4 rings (SSSR count). The molecule has 8 nitrogen and oxygen atoms in total. The van der Waals surface area contributed by atoms with Gasteiger partial charge in [-0.3, -0.25) is 14.4 Å². The van der Waals surface area contributed by atoms with Crippen molar-refractivity contribution in [1.29, 1.82) is 0 Å². The SMILES string of the molecule is C=CCN(C)C(=O)[C@@H]1[C@H]2C(=O)N(CCO)C(C(=O)N(CC=C)c3c(C)cccc3C)C23CC[C@H]1O3. The van der Waals surface area contributed by atoms with Crippen LogP contribution >= 0.6 is 0 Å². The summed E-state index contributed by atoms with van der Waals surface area (Å²) in [6, 6.07) is 4.90. The van der Waals surface area contributed by atoms with Gasteiger partial charge < -0.3 is 24.5 Å². The van der Waals surface area contributed by atoms with Crippen LogP contribution in [0.15, 0.2) is 43.5 Å². The Morgan fingerprint density at radius 1 is 1.20 bits per heavy atom. The van der Waals surface area contributed by atoms with Crippen LogP contribution in [0.2, 0.25) is 0 Å². The summed E-state index contributed by atoms with van der Waals surface area (Å²) in [4.78, 5) is 46.1. The monoisotopic (exact) mass is 481 g/mol. The predicted molar refractivity (Wildman–Crippen MR) is 133 cm³/mol. The molecule has 3 saturated heterocycles. The average molecular weight is 482 g/mol. The van der Waals surface area contributed by atoms with E-state index in [4.69, 9.17) is 4.74 Å². The van der Waals surface area contributed by atoms with Gasteiger partial charge in [-0.05, 0) is 37.8 Å². The maximum Gasteiger partial charge on any atom is 0.253 e. The summed E-state index contributed by atoms with van der Waals surface area (Å²) in [5.41, 5.74) is 1.55. The minimum Gasteiger partial charge on any atom is -0.395 e. The molecule has 3 aliphatic heterocycles. The van der Waals surface area contributed by atoms with E-state index in [1.165, 1.54) is 4.90 Å². The number of likely N-dealkylation sites (tertiary alicyclic amines) is 1. The number of ether oxygens (including phenoxy) is 1. The van der Waals surface area contributed by atoms with Crippen molar-refractivity contribution in [1.82, 2.24) is 9.80 Å². The number of fused-ring (bicyclic) bond motifs is 1. The largest absolute Gasteiger partial charge is 0.395 e. The van der Waals surface area contributed by atoms with Gasteiger partial charge in [0, 0.05) is 32.4 Å². The van der Waals surface area contributed by atoms with Crippen molar-refractivity contribution in [3.8, 4) is 0 Å². The number of carbonyl (C=O) groups excluding carboxylic acids is 3. The van der Waals surface area contributed by atoms with E-state index in [1.807, 2.05) is 32.0 Å². The van der Waals surface area contributed by atoms with Gasteiger partial charge in [0.2, 0.25) is 11.8 Å². The molecule has 3 heterocycles. The molecule has 0 aromatic heterocycles. The number of aliphatic hydroxyl groups excluding tert-OH is 1. The number of para-hydroxylation sites is 1. The Kier molecular flexibility index (Phi) is 6.88. The zero-order valence-corrected chi connectivity index (χ0v) is 20.8. The van der Waals surface area contributed by atoms with Crippen LogP contribution in [-0.2, 0) is 19.1 Å². The Labute approximate surface area is 206 Å². The van der Waals surface area contributed by atoms with Crippen molar-refractivity contribution in [2.75, 3.05) is 38.2 Å². The predicted octanol–water partition coefficient (Wildman–Crippen LogP) is 1.83. The number of rotatable bonds is 9. The number of aryl methyl sites for hydroxylation is 2. The van der Waals surface area contributed by atoms with E-state index >= 15 is 0 Å². The van der Waals surface area contributed by atoms with E-state index in [9.17, 15) is 19.5 Å². The number of aliphatic hydroxyl groups is 1. The van der Waals surface area contributed by atoms with E-state index in [-0.39, 0.29) is 37.4 Å². The average Bonchev–Trinajstić information content (AvgIpc) is 3.46. The fourth-order valence-corrected chi connectivity index (χ4v) is 6.40. The summed E-state index contributed by atoms with van der Waals surface area (Å²) in [5.74, 6) is -2.17. The van der Waals surface area contributed by atoms with Gasteiger partial charge in [0.15, 0.2) is 0 Å². The molecule has 0 saturated carbocycles. The molecule has 2 bridgehead atoms. The number of likely N-dealkylation sites (N-methyl/N-ethyl adjacent to an activating group) is 1. The Morgan fingerprint density at radius 2 is 1.86 bits per heavy atom. The molecule has 5 atom stereocenters. The smallest absolute Gasteiger partial charge is 0.253 e. The summed E-state index contributed by atoms with van der Waals surface area (Å²) in [7, 11) is 1.68. The first kappa shape index (κ1) is 25.1. The van der Waals surface area contributed by atoms with Crippen molar-refractivity contribution < 1.29 is 24.2 Å². The van der Waals surface area contributed by atoms with Gasteiger partial charge in [-0.25, -0.2) is 0 Å². The van der Waals surface area contributed by atoms with E-state index in [0.717, 1.165) is 16.8 Å². The standard InChI is InChI=1S/C27H35N3O5/c1-6-13-28(5)24(32)20-19-11-12-27(35-19)21(20)25(33)30(15-16-31)23(27)26(34)29(14-7-2)22-17(3)9-8-10-18(22)4/h6-10,19-21,23,31H,1-2,11-16H2,3-5H3/t19-,20+,21+,23?,27?/m1/s1. The Balaban J connectivity index is 1.79. The second-order valence-corrected chi connectivity index (χ2v) is 9.80. The topological polar surface area (TPSA) is 90.4 Å². The third-order valence-corrected chi connectivity index (χ3v) is 7.73. The van der Waals surface area contributed by atoms with Crippen molar-refractivity contribution >= 4 is 23.4 Å². The molecule has 8 heteroatoms. The Hall–Kier alpha value is -2.97. The van der Waals surface area contributed by atoms with Crippen LogP contribution in [0.3, 0.4) is 0 Å². The fraction of sp³-hybridized carbons (Fsp3) is 0.519. The van der Waals surface area contributed by atoms with E-state index in [0.29, 0.717) is 19.4 Å². The van der Waals surface area contributed by atoms with Crippen LogP contribution in [0, 0.1) is 25.7 Å². The number of hydrogen-bond donors (Lipinski definition) is 1. The van der Waals surface area contributed by atoms with Crippen LogP contribution < -0.4 is 4.90 Å². The molecule has 0 aliphatic carbocycles. The molecule has 188 valence electrons. The highest BCUT2D eigenvalue weighted by molar-refractivity contribution is 6.05. The molecule has 1 aromatic rings. The van der Waals surface area contributed by atoms with Crippen LogP contribution in [0.4, 0.5) is 5.69 Å². The lowest BCUT2D eigenvalue weighted by atomic mass is 9.70. The molecule has 0 radical (unpaired) electrons. The third kappa shape index (κ3) is 3.79. The van der Waals surface area contributed by atoms with E-state index in [2.05, 4.69) is 13.2 Å². The highest BCUT2D eigenvalue weighted by atomic mass is 16.5. The lowest BCUT2D eigenvalue weighted by Crippen LogP contribution is -2.57. The number of carbonyl (C=O) groups is 3. The second-order valence-electron chi connectivity index (χ2n) is 9.80. The molecule has 1 N–H and O–H groups in total. The highest BCUT2D eigenvalue weighted by Crippen LogP contribution is 2.59. The number of benzene rings is 1. The number of amides is 3. The van der Waals surface area contributed by atoms with Crippen molar-refractivity contribution in [3.63, 3.8) is 0 Å². The molecule has 1 spiro atoms. The van der Waals surface area contributed by atoms with Crippen molar-refractivity contribution in [2.45, 2.75) is 44.4 Å². The van der Waals surface area contributed by atoms with Crippen molar-refractivity contribution in [3.05, 3.63) is 54.6 Å². The summed E-state index contributed by atoms with van der Waals surface area (Å²) in [6.07, 6.45) is 4.00. The second kappa shape index (κ2) is 9.59. The maximum absolute atomic E-state index is 14.3. The van der Waals surface area contributed by atoms with Crippen molar-refractivity contribution in [2.24, 2.45) is 11.8 Å². The summed E-state index contributed by atoms with van der Waals surface area (Å²) in [5, 5.41) is 9.79. The van der Waals surface area contributed by atoms with E-state index in [1.54, 1.807) is 29.0 Å². The van der Waals surface area contributed by atoms with Gasteiger partial charge in [-0.2, -0.15) is 0 Å². The first-order valence-corrected chi connectivity index (χ1v) is 12.2. The number of hydrogen-bond acceptors (Lipinski definition) is 5. The number of anilines is 1. The van der Waals surface area contributed by atoms with Gasteiger partial charge >= 0.3 is 0 Å². The first-order valence-electron chi connectivity index (χ1n) is 12.2. The highest BCUT2D eigenvalue weighted by Gasteiger charge is 2.74. The summed E-state index contributed by atoms with van der Waals surface area (Å²) >= 11 is 0. The number of nitrogens with zero attached hydrogens (tertiary/aromatic N) is 3. The molecule has 35 heavy (non-hydrogen) atoms. The molecule has 3 aliphatic rings. The van der Waals surface area contributed by atoms with E-state index < -0.39 is 29.6 Å². The molecule has 1 aromatic carbocycles. The van der Waals surface area contributed by atoms with Gasteiger partial charge in [0.05, 0.1) is 24.5 Å². The lowest BCUT2D eigenvalue weighted by Gasteiger charge is -2.37. The quantitative estimate of drug-likeness (QED) is 0.544. The Morgan fingerprint density at radius 3 is 2.46 bits per heavy atom. The van der Waals surface area contributed by atoms with Gasteiger partial charge in [-0.15, -0.1) is 13.2 Å². The zero-order chi connectivity index (χ0) is 25.5. The molecule has 3 amide bonds. The third-order valence-electron chi connectivity index (χ3n) is 7.73. The molecular formula is C27H35N3O5. The summed E-state index contributed by atoms with van der Waals surface area (Å²) < 4.78 is 6.46. The van der Waals surface area contributed by atoms with Crippen LogP contribution in [0.1, 0.15) is 24.0 Å². The fourth-order valence-electron chi connectivity index (χ4n) is 6.40. The Bertz CT molecular complexity index is 1040. The maximum atomic E-state index is 14.3. The summed E-state index contributed by atoms with van der Waals surface area (Å²) in [6.45, 7) is 11.8. The zero-order valence-electron chi connectivity index (χ0n) is 20.8. The molecule has 2 unspecified atom stereocenters. The first-order chi connectivity index (χ1) is 16.7. The normalized spacial score (nSPS) is 28.7. The minimum absolute atomic E-state index is 0.000389. The van der Waals surface area contributed by atoms with Crippen LogP contribution in [0.25, 0.3) is 0 Å². The number of β-amino-alcohol motifs (C(OH)–C–C–N with tert-alkyl or cyclic N) is 1. The minimum atomic E-state index is -1.10. The van der Waals surface area contributed by atoms with Gasteiger partial charge in [0.25, 0.3) is 5.91 Å². The van der Waals surface area contributed by atoms with Crippen LogP contribution in [0.5, 0.6) is 0 Å². The molecule has 3 fully saturated rings. The van der Waals surface area contributed by atoms with Crippen LogP contribution in [-0.4, -0.2) is 83.7 Å². The van der Waals surface area contributed by atoms with Gasteiger partial charge in [0.1, 0.15) is 11.6 Å². The van der Waals surface area contributed by atoms with Gasteiger partial charge in [-0.1, -0.05) is 30.4 Å². The lowest BCUT2D eigenvalue weighted by molar-refractivity contribution is -0.144. The molecular weight excluding hydrogens is 446 g/mol.